The average Bonchev–Trinajstić information content (AvgIpc) is 3.22. The number of pyridine rings is 1. The zero-order valence-corrected chi connectivity index (χ0v) is 23.1. The first kappa shape index (κ1) is 28.0. The zero-order chi connectivity index (χ0) is 27.4. The third-order valence-electron chi connectivity index (χ3n) is 6.96. The molecule has 0 amide bonds. The van der Waals surface area contributed by atoms with Gasteiger partial charge in [-0.15, -0.1) is 0 Å². The van der Waals surface area contributed by atoms with Gasteiger partial charge < -0.3 is 29.0 Å². The molecule has 1 aliphatic rings. The van der Waals surface area contributed by atoms with E-state index in [0.717, 1.165) is 60.6 Å². The van der Waals surface area contributed by atoms with Crippen LogP contribution in [0.1, 0.15) is 51.2 Å². The Bertz CT molecular complexity index is 1310. The standard InChI is InChI=1S/C29H40N4O5/c1-19-11-23(16-32(5)28(19)36)27-31-24-13-21(14-30-29(3,4)18-38-26(35)12-20(2)34)8-9-25(24)33(27)15-22-7-6-10-37-17-22/h8-9,11,13,16,20,22,30,34H,6-7,10,12,14-15,17-18H2,1-5H3/t20-,22?/m1/s1. The van der Waals surface area contributed by atoms with E-state index in [2.05, 4.69) is 28.1 Å². The number of aliphatic hydroxyl groups excluding tert-OH is 1. The highest BCUT2D eigenvalue weighted by Gasteiger charge is 2.22. The molecule has 38 heavy (non-hydrogen) atoms. The summed E-state index contributed by atoms with van der Waals surface area (Å²) in [6.07, 6.45) is 3.30. The minimum Gasteiger partial charge on any atom is -0.464 e. The number of aliphatic hydroxyl groups is 1. The van der Waals surface area contributed by atoms with Gasteiger partial charge >= 0.3 is 5.97 Å². The number of aryl methyl sites for hydroxylation is 2. The first-order valence-electron chi connectivity index (χ1n) is 13.4. The lowest BCUT2D eigenvalue weighted by Gasteiger charge is -2.26. The quantitative estimate of drug-likeness (QED) is 0.392. The molecule has 2 atom stereocenters. The lowest BCUT2D eigenvalue weighted by Crippen LogP contribution is -2.43. The maximum atomic E-state index is 12.3. The molecular weight excluding hydrogens is 484 g/mol. The van der Waals surface area contributed by atoms with Crippen LogP contribution in [0.3, 0.4) is 0 Å². The number of fused-ring (bicyclic) bond motifs is 1. The Hall–Kier alpha value is -3.01. The lowest BCUT2D eigenvalue weighted by molar-refractivity contribution is -0.147. The highest BCUT2D eigenvalue weighted by molar-refractivity contribution is 5.81. The van der Waals surface area contributed by atoms with Gasteiger partial charge in [-0.3, -0.25) is 9.59 Å². The van der Waals surface area contributed by atoms with Gasteiger partial charge in [-0.05, 0) is 64.3 Å². The van der Waals surface area contributed by atoms with Crippen molar-refractivity contribution in [3.8, 4) is 11.4 Å². The molecule has 0 aliphatic carbocycles. The highest BCUT2D eigenvalue weighted by Crippen LogP contribution is 2.28. The molecule has 2 N–H and O–H groups in total. The van der Waals surface area contributed by atoms with Crippen molar-refractivity contribution in [1.29, 1.82) is 0 Å². The normalized spacial score (nSPS) is 17.1. The minimum atomic E-state index is -0.717. The summed E-state index contributed by atoms with van der Waals surface area (Å²) in [7, 11) is 1.77. The van der Waals surface area contributed by atoms with Crippen LogP contribution in [0.4, 0.5) is 0 Å². The molecule has 2 aromatic heterocycles. The Kier molecular flexibility index (Phi) is 8.70. The Morgan fingerprint density at radius 1 is 1.34 bits per heavy atom. The number of nitrogens with zero attached hydrogens (tertiary/aromatic N) is 3. The fraction of sp³-hybridized carbons (Fsp3) is 0.552. The van der Waals surface area contributed by atoms with Crippen molar-refractivity contribution in [1.82, 2.24) is 19.4 Å². The van der Waals surface area contributed by atoms with Gasteiger partial charge in [0.1, 0.15) is 12.4 Å². The Morgan fingerprint density at radius 3 is 2.82 bits per heavy atom. The molecule has 0 saturated carbocycles. The van der Waals surface area contributed by atoms with Gasteiger partial charge in [-0.25, -0.2) is 4.98 Å². The van der Waals surface area contributed by atoms with Crippen LogP contribution in [0, 0.1) is 12.8 Å². The summed E-state index contributed by atoms with van der Waals surface area (Å²) in [5.41, 5.74) is 4.15. The number of hydrogen-bond donors (Lipinski definition) is 2. The Labute approximate surface area is 223 Å². The molecular formula is C29H40N4O5. The number of aromatic nitrogens is 3. The van der Waals surface area contributed by atoms with Crippen molar-refractivity contribution in [3.63, 3.8) is 0 Å². The molecule has 3 aromatic rings. The first-order valence-corrected chi connectivity index (χ1v) is 13.4. The lowest BCUT2D eigenvalue weighted by atomic mass is 10.0. The smallest absolute Gasteiger partial charge is 0.308 e. The predicted molar refractivity (Wildman–Crippen MR) is 147 cm³/mol. The summed E-state index contributed by atoms with van der Waals surface area (Å²) >= 11 is 0. The number of esters is 1. The summed E-state index contributed by atoms with van der Waals surface area (Å²) in [5, 5.41) is 12.8. The molecule has 9 heteroatoms. The van der Waals surface area contributed by atoms with Gasteiger partial charge in [0.15, 0.2) is 0 Å². The molecule has 1 saturated heterocycles. The van der Waals surface area contributed by atoms with E-state index in [1.807, 2.05) is 33.0 Å². The van der Waals surface area contributed by atoms with E-state index in [1.165, 1.54) is 0 Å². The zero-order valence-electron chi connectivity index (χ0n) is 23.1. The van der Waals surface area contributed by atoms with E-state index < -0.39 is 17.6 Å². The Balaban J connectivity index is 1.58. The predicted octanol–water partition coefficient (Wildman–Crippen LogP) is 3.32. The molecule has 0 spiro atoms. The molecule has 1 fully saturated rings. The molecule has 0 bridgehead atoms. The van der Waals surface area contributed by atoms with Crippen LogP contribution in [0.2, 0.25) is 0 Å². The van der Waals surface area contributed by atoms with Crippen molar-refractivity contribution < 1.29 is 19.4 Å². The highest BCUT2D eigenvalue weighted by atomic mass is 16.5. The number of carbonyl (C=O) groups excluding carboxylic acids is 1. The number of nitrogens with one attached hydrogen (secondary N) is 1. The van der Waals surface area contributed by atoms with E-state index in [-0.39, 0.29) is 18.6 Å². The average molecular weight is 525 g/mol. The van der Waals surface area contributed by atoms with Crippen molar-refractivity contribution in [2.45, 2.75) is 71.7 Å². The second-order valence-corrected chi connectivity index (χ2v) is 11.2. The third kappa shape index (κ3) is 6.89. The van der Waals surface area contributed by atoms with Crippen molar-refractivity contribution in [2.75, 3.05) is 19.8 Å². The molecule has 9 nitrogen and oxygen atoms in total. The van der Waals surface area contributed by atoms with E-state index in [0.29, 0.717) is 18.0 Å². The fourth-order valence-electron chi connectivity index (χ4n) is 4.85. The Morgan fingerprint density at radius 2 is 2.13 bits per heavy atom. The van der Waals surface area contributed by atoms with Crippen LogP contribution in [-0.4, -0.2) is 56.7 Å². The molecule has 1 unspecified atom stereocenters. The fourth-order valence-corrected chi connectivity index (χ4v) is 4.85. The number of carbonyl (C=O) groups is 1. The first-order chi connectivity index (χ1) is 18.0. The summed E-state index contributed by atoms with van der Waals surface area (Å²) in [6.45, 7) is 10.5. The summed E-state index contributed by atoms with van der Waals surface area (Å²) < 4.78 is 15.0. The van der Waals surface area contributed by atoms with E-state index in [4.69, 9.17) is 14.5 Å². The maximum Gasteiger partial charge on any atom is 0.308 e. The van der Waals surface area contributed by atoms with Gasteiger partial charge in [-0.2, -0.15) is 0 Å². The van der Waals surface area contributed by atoms with Crippen LogP contribution in [0.15, 0.2) is 35.3 Å². The van der Waals surface area contributed by atoms with Crippen molar-refractivity contribution in [3.05, 3.63) is 51.9 Å². The largest absolute Gasteiger partial charge is 0.464 e. The monoisotopic (exact) mass is 524 g/mol. The second kappa shape index (κ2) is 11.8. The number of benzene rings is 1. The van der Waals surface area contributed by atoms with Gasteiger partial charge in [0, 0.05) is 55.5 Å². The molecule has 4 rings (SSSR count). The van der Waals surface area contributed by atoms with Crippen molar-refractivity contribution >= 4 is 17.0 Å². The summed E-state index contributed by atoms with van der Waals surface area (Å²) in [6, 6.07) is 8.21. The minimum absolute atomic E-state index is 0.00961. The maximum absolute atomic E-state index is 12.3. The molecule has 1 aromatic carbocycles. The summed E-state index contributed by atoms with van der Waals surface area (Å²) in [4.78, 5) is 29.2. The van der Waals surface area contributed by atoms with Gasteiger partial charge in [-0.1, -0.05) is 6.07 Å². The number of hydrogen-bond acceptors (Lipinski definition) is 7. The van der Waals surface area contributed by atoms with Gasteiger partial charge in [0.05, 0.1) is 30.2 Å². The van der Waals surface area contributed by atoms with Crippen LogP contribution < -0.4 is 10.9 Å². The van der Waals surface area contributed by atoms with E-state index in [1.54, 1.807) is 18.5 Å². The molecule has 0 radical (unpaired) electrons. The number of ether oxygens (including phenoxy) is 2. The van der Waals surface area contributed by atoms with Crippen molar-refractivity contribution in [2.24, 2.45) is 13.0 Å². The van der Waals surface area contributed by atoms with Gasteiger partial charge in [0.25, 0.3) is 5.56 Å². The van der Waals surface area contributed by atoms with E-state index in [9.17, 15) is 14.7 Å². The van der Waals surface area contributed by atoms with Crippen LogP contribution in [0.25, 0.3) is 22.4 Å². The summed E-state index contributed by atoms with van der Waals surface area (Å²) in [5.74, 6) is 0.846. The third-order valence-corrected chi connectivity index (χ3v) is 6.96. The number of imidazole rings is 1. The molecule has 3 heterocycles. The SMILES string of the molecule is Cc1cc(-c2nc3cc(CNC(C)(C)COC(=O)C[C@@H](C)O)ccc3n2CC2CCCOC2)cn(C)c1=O. The second-order valence-electron chi connectivity index (χ2n) is 11.2. The molecule has 206 valence electrons. The van der Waals surface area contributed by atoms with E-state index >= 15 is 0 Å². The van der Waals surface area contributed by atoms with Crippen LogP contribution in [0.5, 0.6) is 0 Å². The van der Waals surface area contributed by atoms with Crippen LogP contribution >= 0.6 is 0 Å². The molecule has 1 aliphatic heterocycles. The van der Waals surface area contributed by atoms with Crippen LogP contribution in [-0.2, 0) is 34.4 Å². The topological polar surface area (TPSA) is 108 Å². The van der Waals surface area contributed by atoms with Gasteiger partial charge in [0.2, 0.25) is 0 Å². The number of rotatable bonds is 10.